The topological polar surface area (TPSA) is 42.5 Å². The molecule has 0 unspecified atom stereocenters. The zero-order chi connectivity index (χ0) is 5.82. The van der Waals surface area contributed by atoms with Crippen molar-refractivity contribution in [1.29, 1.82) is 0 Å². The van der Waals surface area contributed by atoms with Gasteiger partial charge in [0, 0.05) is 6.54 Å². The van der Waals surface area contributed by atoms with Crippen LogP contribution in [0.2, 0.25) is 0 Å². The lowest BCUT2D eigenvalue weighted by Gasteiger charge is -1.94. The van der Waals surface area contributed by atoms with Gasteiger partial charge < -0.3 is 10.2 Å². The Morgan fingerprint density at radius 1 is 1.88 bits per heavy atom. The number of likely N-dealkylation sites (N-methyl/N-ethyl adjacent to an activating group) is 1. The molecule has 46 valence electrons. The van der Waals surface area contributed by atoms with Crippen molar-refractivity contribution in [3.8, 4) is 0 Å². The van der Waals surface area contributed by atoms with Gasteiger partial charge in [-0.15, -0.1) is 0 Å². The zero-order valence-corrected chi connectivity index (χ0v) is 4.60. The molecule has 0 spiro atoms. The molecule has 8 heavy (non-hydrogen) atoms. The van der Waals surface area contributed by atoms with Gasteiger partial charge in [0.2, 0.25) is 0 Å². The van der Waals surface area contributed by atoms with E-state index in [1.54, 1.807) is 0 Å². The van der Waals surface area contributed by atoms with E-state index in [1.165, 1.54) is 6.26 Å². The summed E-state index contributed by atoms with van der Waals surface area (Å²) in [6.45, 7) is 0.736. The standard InChI is InChI=1S/C4H8N2O2/c1-5-2-4-3-7-8-6-4/h3,5-6H,2H2,1H3. The van der Waals surface area contributed by atoms with Crippen molar-refractivity contribution in [2.45, 2.75) is 0 Å². The second kappa shape index (κ2) is 2.54. The maximum Gasteiger partial charge on any atom is 0.154 e. The molecular weight excluding hydrogens is 108 g/mol. The Morgan fingerprint density at radius 3 is 3.25 bits per heavy atom. The lowest BCUT2D eigenvalue weighted by molar-refractivity contribution is -0.265. The minimum Gasteiger partial charge on any atom is -0.320 e. The highest BCUT2D eigenvalue weighted by Crippen LogP contribution is 1.95. The summed E-state index contributed by atoms with van der Waals surface area (Å²) in [6, 6.07) is 0. The first-order chi connectivity index (χ1) is 3.93. The molecule has 0 fully saturated rings. The lowest BCUT2D eigenvalue weighted by atomic mass is 10.5. The van der Waals surface area contributed by atoms with E-state index >= 15 is 0 Å². The summed E-state index contributed by atoms with van der Waals surface area (Å²) in [6.07, 6.45) is 1.51. The highest BCUT2D eigenvalue weighted by atomic mass is 17.3. The van der Waals surface area contributed by atoms with Crippen LogP contribution in [0.3, 0.4) is 0 Å². The molecule has 0 aromatic heterocycles. The predicted molar refractivity (Wildman–Crippen MR) is 27.3 cm³/mol. The van der Waals surface area contributed by atoms with Crippen LogP contribution in [-0.4, -0.2) is 13.6 Å². The number of rotatable bonds is 2. The van der Waals surface area contributed by atoms with E-state index in [2.05, 4.69) is 20.7 Å². The van der Waals surface area contributed by atoms with Crippen molar-refractivity contribution in [3.05, 3.63) is 12.0 Å². The SMILES string of the molecule is CNCC1=COON1. The first kappa shape index (κ1) is 5.40. The first-order valence-electron chi connectivity index (χ1n) is 2.35. The fourth-order valence-electron chi connectivity index (χ4n) is 0.452. The van der Waals surface area contributed by atoms with Gasteiger partial charge in [0.25, 0.3) is 0 Å². The van der Waals surface area contributed by atoms with Crippen LogP contribution in [0.5, 0.6) is 0 Å². The molecule has 0 amide bonds. The summed E-state index contributed by atoms with van der Waals surface area (Å²) in [4.78, 5) is 8.72. The van der Waals surface area contributed by atoms with Gasteiger partial charge >= 0.3 is 0 Å². The van der Waals surface area contributed by atoms with E-state index in [-0.39, 0.29) is 0 Å². The number of hydrogen-bond acceptors (Lipinski definition) is 4. The third kappa shape index (κ3) is 1.11. The van der Waals surface area contributed by atoms with Crippen LogP contribution in [-0.2, 0) is 9.88 Å². The summed E-state index contributed by atoms with van der Waals surface area (Å²) >= 11 is 0. The Bertz CT molecular complexity index is 102. The van der Waals surface area contributed by atoms with E-state index in [9.17, 15) is 0 Å². The number of hydroxylamine groups is 1. The van der Waals surface area contributed by atoms with Crippen molar-refractivity contribution >= 4 is 0 Å². The Labute approximate surface area is 47.3 Å². The van der Waals surface area contributed by atoms with Crippen molar-refractivity contribution in [1.82, 2.24) is 10.8 Å². The molecule has 1 heterocycles. The fourth-order valence-corrected chi connectivity index (χ4v) is 0.452. The van der Waals surface area contributed by atoms with Crippen LogP contribution in [0.25, 0.3) is 0 Å². The molecule has 0 radical (unpaired) electrons. The van der Waals surface area contributed by atoms with Crippen LogP contribution in [0.1, 0.15) is 0 Å². The Hall–Kier alpha value is -0.740. The minimum atomic E-state index is 0.736. The molecule has 1 aliphatic heterocycles. The smallest absolute Gasteiger partial charge is 0.154 e. The van der Waals surface area contributed by atoms with Crippen LogP contribution >= 0.6 is 0 Å². The molecule has 2 N–H and O–H groups in total. The highest BCUT2D eigenvalue weighted by Gasteiger charge is 2.01. The quantitative estimate of drug-likeness (QED) is 0.478. The molecule has 0 aliphatic carbocycles. The van der Waals surface area contributed by atoms with Gasteiger partial charge in [0.15, 0.2) is 6.26 Å². The first-order valence-corrected chi connectivity index (χ1v) is 2.35. The van der Waals surface area contributed by atoms with Crippen LogP contribution in [0.15, 0.2) is 12.0 Å². The fraction of sp³-hybridized carbons (Fsp3) is 0.500. The summed E-state index contributed by atoms with van der Waals surface area (Å²) in [7, 11) is 1.85. The molecule has 0 saturated carbocycles. The molecular formula is C4H8N2O2. The van der Waals surface area contributed by atoms with Gasteiger partial charge in [-0.25, -0.2) is 5.48 Å². The van der Waals surface area contributed by atoms with E-state index in [0.29, 0.717) is 0 Å². The van der Waals surface area contributed by atoms with Gasteiger partial charge in [-0.05, 0) is 7.05 Å². The third-order valence-corrected chi connectivity index (χ3v) is 0.778. The summed E-state index contributed by atoms with van der Waals surface area (Å²) < 4.78 is 0. The van der Waals surface area contributed by atoms with Crippen molar-refractivity contribution in [2.75, 3.05) is 13.6 Å². The number of nitrogens with one attached hydrogen (secondary N) is 2. The Kier molecular flexibility index (Phi) is 1.71. The van der Waals surface area contributed by atoms with Crippen molar-refractivity contribution in [3.63, 3.8) is 0 Å². The summed E-state index contributed by atoms with van der Waals surface area (Å²) in [5, 5.41) is 2.92. The minimum absolute atomic E-state index is 0.736. The maximum atomic E-state index is 4.40. The van der Waals surface area contributed by atoms with Crippen LogP contribution in [0, 0.1) is 0 Å². The Balaban J connectivity index is 2.23. The largest absolute Gasteiger partial charge is 0.320 e. The molecule has 0 bridgehead atoms. The van der Waals surface area contributed by atoms with Crippen molar-refractivity contribution < 1.29 is 9.88 Å². The van der Waals surface area contributed by atoms with E-state index < -0.39 is 0 Å². The monoisotopic (exact) mass is 116 g/mol. The van der Waals surface area contributed by atoms with Crippen LogP contribution in [0.4, 0.5) is 0 Å². The average Bonchev–Trinajstić information content (AvgIpc) is 2.19. The summed E-state index contributed by atoms with van der Waals surface area (Å²) in [5.74, 6) is 0. The molecule has 0 atom stereocenters. The molecule has 0 aromatic carbocycles. The van der Waals surface area contributed by atoms with E-state index in [1.807, 2.05) is 7.05 Å². The van der Waals surface area contributed by atoms with Crippen molar-refractivity contribution in [2.24, 2.45) is 0 Å². The molecule has 0 saturated heterocycles. The molecule has 0 aromatic rings. The van der Waals surface area contributed by atoms with Gasteiger partial charge in [-0.1, -0.05) is 4.99 Å². The van der Waals surface area contributed by atoms with Gasteiger partial charge in [0.05, 0.1) is 5.70 Å². The maximum absolute atomic E-state index is 4.40. The molecule has 4 nitrogen and oxygen atoms in total. The molecule has 1 aliphatic rings. The Morgan fingerprint density at radius 2 is 2.75 bits per heavy atom. The average molecular weight is 116 g/mol. The van der Waals surface area contributed by atoms with Gasteiger partial charge in [0.1, 0.15) is 0 Å². The highest BCUT2D eigenvalue weighted by molar-refractivity contribution is 4.95. The lowest BCUT2D eigenvalue weighted by Crippen LogP contribution is -2.17. The van der Waals surface area contributed by atoms with Gasteiger partial charge in [-0.3, -0.25) is 0 Å². The number of hydrogen-bond donors (Lipinski definition) is 2. The zero-order valence-electron chi connectivity index (χ0n) is 4.60. The molecule has 4 heteroatoms. The predicted octanol–water partition coefficient (Wildman–Crippen LogP) is -0.486. The van der Waals surface area contributed by atoms with E-state index in [0.717, 1.165) is 12.2 Å². The second-order valence-corrected chi connectivity index (χ2v) is 1.46. The van der Waals surface area contributed by atoms with E-state index in [4.69, 9.17) is 0 Å². The second-order valence-electron chi connectivity index (χ2n) is 1.46. The third-order valence-electron chi connectivity index (χ3n) is 0.778. The molecule has 1 rings (SSSR count). The normalized spacial score (nSPS) is 16.9. The van der Waals surface area contributed by atoms with Gasteiger partial charge in [-0.2, -0.15) is 0 Å². The summed E-state index contributed by atoms with van der Waals surface area (Å²) in [5.41, 5.74) is 3.43. The van der Waals surface area contributed by atoms with Crippen LogP contribution < -0.4 is 10.8 Å².